The quantitative estimate of drug-likeness (QED) is 0.776. The molecule has 0 radical (unpaired) electrons. The number of nitrogens with two attached hydrogens (primary N) is 1. The summed E-state index contributed by atoms with van der Waals surface area (Å²) in [5.74, 6) is -0.501. The van der Waals surface area contributed by atoms with Crippen LogP contribution in [-0.2, 0) is 4.79 Å². The molecule has 0 heterocycles. The van der Waals surface area contributed by atoms with Crippen molar-refractivity contribution in [3.63, 3.8) is 0 Å². The molecule has 1 amide bonds. The fourth-order valence-electron chi connectivity index (χ4n) is 1.41. The summed E-state index contributed by atoms with van der Waals surface area (Å²) in [5, 5.41) is 13.3. The van der Waals surface area contributed by atoms with Gasteiger partial charge in [0.25, 0.3) is 0 Å². The largest absolute Gasteiger partial charge is 0.386 e. The monoisotopic (exact) mass is 326 g/mol. The molecule has 0 aliphatic heterocycles. The molecule has 0 aliphatic rings. The van der Waals surface area contributed by atoms with Gasteiger partial charge in [-0.1, -0.05) is 36.2 Å². The Morgan fingerprint density at radius 1 is 1.42 bits per heavy atom. The van der Waals surface area contributed by atoms with Crippen molar-refractivity contribution in [2.24, 2.45) is 11.7 Å². The Morgan fingerprint density at radius 2 is 1.95 bits per heavy atom. The molecule has 7 heteroatoms. The van der Waals surface area contributed by atoms with Gasteiger partial charge in [-0.2, -0.15) is 0 Å². The highest BCUT2D eigenvalue weighted by Gasteiger charge is 2.17. The molecule has 1 aromatic rings. The lowest BCUT2D eigenvalue weighted by molar-refractivity contribution is -0.124. The molecule has 0 fully saturated rings. The van der Waals surface area contributed by atoms with Crippen molar-refractivity contribution in [3.05, 3.63) is 33.8 Å². The van der Waals surface area contributed by atoms with Crippen LogP contribution in [0, 0.1) is 5.92 Å². The number of hydrogen-bond donors (Lipinski definition) is 3. The van der Waals surface area contributed by atoms with E-state index in [1.54, 1.807) is 25.1 Å². The Balaban J connectivity index is 0.00000324. The van der Waals surface area contributed by atoms with Crippen molar-refractivity contribution in [1.29, 1.82) is 0 Å². The molecule has 0 saturated heterocycles. The molecular weight excluding hydrogens is 311 g/mol. The van der Waals surface area contributed by atoms with Crippen LogP contribution in [0.5, 0.6) is 0 Å². The van der Waals surface area contributed by atoms with Gasteiger partial charge >= 0.3 is 0 Å². The molecule has 2 atom stereocenters. The van der Waals surface area contributed by atoms with Crippen molar-refractivity contribution >= 4 is 41.5 Å². The predicted molar refractivity (Wildman–Crippen MR) is 79.9 cm³/mol. The first-order valence-corrected chi connectivity index (χ1v) is 6.32. The topological polar surface area (TPSA) is 75.4 Å². The fraction of sp³-hybridized carbons (Fsp3) is 0.417. The first-order valence-electron chi connectivity index (χ1n) is 5.57. The van der Waals surface area contributed by atoms with E-state index in [2.05, 4.69) is 5.32 Å². The van der Waals surface area contributed by atoms with E-state index in [1.165, 1.54) is 0 Å². The highest BCUT2D eigenvalue weighted by Crippen LogP contribution is 2.29. The number of aliphatic hydroxyl groups is 1. The highest BCUT2D eigenvalue weighted by atomic mass is 35.5. The lowest BCUT2D eigenvalue weighted by Crippen LogP contribution is -2.35. The second kappa shape index (κ2) is 8.61. The third kappa shape index (κ3) is 5.16. The number of halogens is 3. The minimum Gasteiger partial charge on any atom is -0.386 e. The molecule has 108 valence electrons. The Hall–Kier alpha value is -0.520. The number of carbonyl (C=O) groups excluding carboxylic acids is 1. The standard InChI is InChI=1S/C12H16Cl2N2O2.ClH/c1-7(5-15)12(18)16-6-10(17)11-8(13)3-2-4-9(11)14;/h2-4,7,10,17H,5-6,15H2,1H3,(H,16,18);1H. The average Bonchev–Trinajstić information content (AvgIpc) is 2.34. The zero-order chi connectivity index (χ0) is 13.7. The van der Waals surface area contributed by atoms with Crippen molar-refractivity contribution in [3.8, 4) is 0 Å². The summed E-state index contributed by atoms with van der Waals surface area (Å²) in [4.78, 5) is 11.5. The number of aliphatic hydroxyl groups excluding tert-OH is 1. The van der Waals surface area contributed by atoms with Gasteiger partial charge < -0.3 is 16.2 Å². The van der Waals surface area contributed by atoms with Crippen molar-refractivity contribution in [2.45, 2.75) is 13.0 Å². The Morgan fingerprint density at radius 3 is 2.42 bits per heavy atom. The Kier molecular flexibility index (Phi) is 8.38. The lowest BCUT2D eigenvalue weighted by atomic mass is 10.1. The molecule has 1 rings (SSSR count). The maximum absolute atomic E-state index is 11.5. The highest BCUT2D eigenvalue weighted by molar-refractivity contribution is 6.36. The van der Waals surface area contributed by atoms with E-state index >= 15 is 0 Å². The normalized spacial score (nSPS) is 13.3. The van der Waals surface area contributed by atoms with Gasteiger partial charge in [0.1, 0.15) is 0 Å². The summed E-state index contributed by atoms with van der Waals surface area (Å²) in [6, 6.07) is 4.96. The van der Waals surface area contributed by atoms with Crippen LogP contribution in [0.15, 0.2) is 18.2 Å². The molecule has 0 spiro atoms. The molecule has 0 aromatic heterocycles. The molecule has 2 unspecified atom stereocenters. The van der Waals surface area contributed by atoms with Crippen LogP contribution in [0.4, 0.5) is 0 Å². The van der Waals surface area contributed by atoms with Gasteiger partial charge in [0.05, 0.1) is 6.10 Å². The number of rotatable bonds is 5. The van der Waals surface area contributed by atoms with E-state index < -0.39 is 6.10 Å². The summed E-state index contributed by atoms with van der Waals surface area (Å²) in [5.41, 5.74) is 5.79. The molecular formula is C12H17Cl3N2O2. The molecule has 19 heavy (non-hydrogen) atoms. The van der Waals surface area contributed by atoms with E-state index in [4.69, 9.17) is 28.9 Å². The molecule has 0 saturated carbocycles. The van der Waals surface area contributed by atoms with Crippen LogP contribution in [0.2, 0.25) is 10.0 Å². The van der Waals surface area contributed by atoms with Crippen molar-refractivity contribution in [2.75, 3.05) is 13.1 Å². The van der Waals surface area contributed by atoms with Crippen LogP contribution in [0.25, 0.3) is 0 Å². The number of benzene rings is 1. The minimum absolute atomic E-state index is 0. The third-order valence-electron chi connectivity index (χ3n) is 2.60. The Labute approximate surface area is 128 Å². The summed E-state index contributed by atoms with van der Waals surface area (Å²) < 4.78 is 0. The van der Waals surface area contributed by atoms with E-state index in [1.807, 2.05) is 0 Å². The molecule has 4 N–H and O–H groups in total. The second-order valence-electron chi connectivity index (χ2n) is 4.03. The van der Waals surface area contributed by atoms with Gasteiger partial charge in [-0.3, -0.25) is 4.79 Å². The van der Waals surface area contributed by atoms with Crippen LogP contribution < -0.4 is 11.1 Å². The number of hydrogen-bond acceptors (Lipinski definition) is 3. The van der Waals surface area contributed by atoms with Crippen LogP contribution in [-0.4, -0.2) is 24.1 Å². The van der Waals surface area contributed by atoms with Gasteiger partial charge in [-0.15, -0.1) is 12.4 Å². The molecule has 1 aromatic carbocycles. The first kappa shape index (κ1) is 18.5. The van der Waals surface area contributed by atoms with E-state index in [9.17, 15) is 9.90 Å². The third-order valence-corrected chi connectivity index (χ3v) is 3.26. The van der Waals surface area contributed by atoms with E-state index in [0.717, 1.165) is 0 Å². The van der Waals surface area contributed by atoms with Gasteiger partial charge in [0.15, 0.2) is 0 Å². The minimum atomic E-state index is -0.944. The average molecular weight is 328 g/mol. The molecule has 4 nitrogen and oxygen atoms in total. The summed E-state index contributed by atoms with van der Waals surface area (Å²) >= 11 is 11.9. The summed E-state index contributed by atoms with van der Waals surface area (Å²) in [6.07, 6.45) is -0.944. The Bertz CT molecular complexity index is 409. The summed E-state index contributed by atoms with van der Waals surface area (Å²) in [6.45, 7) is 2.02. The van der Waals surface area contributed by atoms with Crippen LogP contribution >= 0.6 is 35.6 Å². The predicted octanol–water partition coefficient (Wildman–Crippen LogP) is 2.16. The molecule has 0 bridgehead atoms. The zero-order valence-corrected chi connectivity index (χ0v) is 12.7. The number of nitrogens with one attached hydrogen (secondary N) is 1. The smallest absolute Gasteiger partial charge is 0.224 e. The second-order valence-corrected chi connectivity index (χ2v) is 4.85. The van der Waals surface area contributed by atoms with Gasteiger partial charge in [0.2, 0.25) is 5.91 Å². The van der Waals surface area contributed by atoms with Crippen LogP contribution in [0.1, 0.15) is 18.6 Å². The number of carbonyl (C=O) groups is 1. The number of amides is 1. The van der Waals surface area contributed by atoms with Gasteiger partial charge in [0, 0.05) is 34.6 Å². The zero-order valence-electron chi connectivity index (χ0n) is 10.4. The van der Waals surface area contributed by atoms with Crippen molar-refractivity contribution in [1.82, 2.24) is 5.32 Å². The van der Waals surface area contributed by atoms with Crippen LogP contribution in [0.3, 0.4) is 0 Å². The molecule has 0 aliphatic carbocycles. The van der Waals surface area contributed by atoms with Gasteiger partial charge in [-0.25, -0.2) is 0 Å². The van der Waals surface area contributed by atoms with Crippen molar-refractivity contribution < 1.29 is 9.90 Å². The SMILES string of the molecule is CC(CN)C(=O)NCC(O)c1c(Cl)cccc1Cl.Cl. The maximum Gasteiger partial charge on any atom is 0.224 e. The maximum atomic E-state index is 11.5. The first-order chi connectivity index (χ1) is 8.47. The summed E-state index contributed by atoms with van der Waals surface area (Å²) in [7, 11) is 0. The van der Waals surface area contributed by atoms with E-state index in [0.29, 0.717) is 15.6 Å². The lowest BCUT2D eigenvalue weighted by Gasteiger charge is -2.16. The van der Waals surface area contributed by atoms with E-state index in [-0.39, 0.29) is 37.3 Å². The van der Waals surface area contributed by atoms with Gasteiger partial charge in [-0.05, 0) is 12.1 Å². The fourth-order valence-corrected chi connectivity index (χ4v) is 2.06.